The molecule has 1 aliphatic heterocycles. The van der Waals surface area contributed by atoms with E-state index >= 15 is 0 Å². The number of nitrogens with zero attached hydrogens (tertiary/aromatic N) is 2. The zero-order chi connectivity index (χ0) is 31.3. The number of aryl methyl sites for hydroxylation is 2. The van der Waals surface area contributed by atoms with Gasteiger partial charge in [-0.2, -0.15) is 5.10 Å². The number of carbonyl (C=O) groups is 3. The van der Waals surface area contributed by atoms with Gasteiger partial charge in [0, 0.05) is 17.7 Å². The first-order valence-corrected chi connectivity index (χ1v) is 14.8. The van der Waals surface area contributed by atoms with Crippen LogP contribution in [0.3, 0.4) is 0 Å². The molecule has 1 aromatic heterocycles. The standard InChI is InChI=1S/C33H40N4O6/c1-6-24(34-29(38)23-14-16-26(20(4)18-23)43-27-19-21(5)35-36-30(27)39)31(40)37-25(22-12-10-9-11-13-22)15-17-28(37)33(7-2,8-3)32(41)42/h9-14,16,18-19,24-25,28H,6-8,15,17H2,1-5H3,(H,34,38)(H,36,39)(H,41,42)/t24-,25+,28-/m1/s1. The van der Waals surface area contributed by atoms with Crippen molar-refractivity contribution in [2.45, 2.75) is 84.8 Å². The minimum atomic E-state index is -1.09. The second-order valence-corrected chi connectivity index (χ2v) is 11.2. The summed E-state index contributed by atoms with van der Waals surface area (Å²) in [7, 11) is 0. The number of benzene rings is 2. The first-order chi connectivity index (χ1) is 20.6. The topological polar surface area (TPSA) is 142 Å². The Labute approximate surface area is 251 Å². The molecule has 0 spiro atoms. The van der Waals surface area contributed by atoms with Gasteiger partial charge < -0.3 is 20.1 Å². The Balaban J connectivity index is 1.60. The SMILES string of the molecule is CC[C@@H](NC(=O)c1ccc(Oc2cc(C)n[nH]c2=O)c(C)c1)C(=O)N1[C@H](c2ccccc2)CC[C@@H]1C(CC)(CC)C(=O)O. The van der Waals surface area contributed by atoms with Crippen LogP contribution in [0, 0.1) is 19.3 Å². The number of likely N-dealkylation sites (tertiary alicyclic amines) is 1. The monoisotopic (exact) mass is 588 g/mol. The van der Waals surface area contributed by atoms with Crippen LogP contribution in [0.2, 0.25) is 0 Å². The molecule has 3 atom stereocenters. The van der Waals surface area contributed by atoms with Gasteiger partial charge in [-0.05, 0) is 75.3 Å². The molecule has 2 amide bonds. The summed E-state index contributed by atoms with van der Waals surface area (Å²) >= 11 is 0. The number of amides is 2. The second-order valence-electron chi connectivity index (χ2n) is 11.2. The summed E-state index contributed by atoms with van der Waals surface area (Å²) in [5.74, 6) is -1.13. The maximum Gasteiger partial charge on any atom is 0.311 e. The van der Waals surface area contributed by atoms with Crippen LogP contribution >= 0.6 is 0 Å². The fourth-order valence-corrected chi connectivity index (χ4v) is 6.17. The van der Waals surface area contributed by atoms with Crippen LogP contribution in [-0.2, 0) is 9.59 Å². The number of aromatic nitrogens is 2. The van der Waals surface area contributed by atoms with Crippen LogP contribution in [0.5, 0.6) is 11.5 Å². The highest BCUT2D eigenvalue weighted by atomic mass is 16.5. The molecule has 0 radical (unpaired) electrons. The molecule has 0 saturated carbocycles. The smallest absolute Gasteiger partial charge is 0.311 e. The molecule has 0 aliphatic carbocycles. The van der Waals surface area contributed by atoms with Crippen LogP contribution < -0.4 is 15.6 Å². The van der Waals surface area contributed by atoms with Gasteiger partial charge in [0.05, 0.1) is 17.2 Å². The Morgan fingerprint density at radius 3 is 2.35 bits per heavy atom. The summed E-state index contributed by atoms with van der Waals surface area (Å²) < 4.78 is 5.78. The largest absolute Gasteiger partial charge is 0.481 e. The molecule has 4 rings (SSSR count). The predicted octanol–water partition coefficient (Wildman–Crippen LogP) is 5.31. The lowest BCUT2D eigenvalue weighted by Crippen LogP contribution is -2.56. The van der Waals surface area contributed by atoms with Crippen molar-refractivity contribution in [2.24, 2.45) is 5.41 Å². The summed E-state index contributed by atoms with van der Waals surface area (Å²) in [6.07, 6.45) is 2.30. The van der Waals surface area contributed by atoms with Crippen LogP contribution in [0.4, 0.5) is 0 Å². The molecule has 43 heavy (non-hydrogen) atoms. The highest BCUT2D eigenvalue weighted by Crippen LogP contribution is 2.47. The van der Waals surface area contributed by atoms with Gasteiger partial charge in [0.25, 0.3) is 5.91 Å². The molecule has 1 saturated heterocycles. The molecular formula is C33H40N4O6. The predicted molar refractivity (Wildman–Crippen MR) is 162 cm³/mol. The molecule has 1 aliphatic rings. The number of hydrogen-bond acceptors (Lipinski definition) is 6. The summed E-state index contributed by atoms with van der Waals surface area (Å²) in [5.41, 5.74) is 0.927. The normalized spacial score (nSPS) is 17.4. The number of rotatable bonds is 11. The maximum atomic E-state index is 14.3. The Kier molecular flexibility index (Phi) is 9.68. The summed E-state index contributed by atoms with van der Waals surface area (Å²) in [6, 6.07) is 14.3. The van der Waals surface area contributed by atoms with Crippen molar-refractivity contribution in [3.63, 3.8) is 0 Å². The van der Waals surface area contributed by atoms with Crippen molar-refractivity contribution >= 4 is 17.8 Å². The van der Waals surface area contributed by atoms with E-state index in [9.17, 15) is 24.3 Å². The molecule has 10 nitrogen and oxygen atoms in total. The number of carbonyl (C=O) groups excluding carboxylic acids is 2. The Hall–Kier alpha value is -4.47. The van der Waals surface area contributed by atoms with Gasteiger partial charge in [-0.3, -0.25) is 19.2 Å². The molecular weight excluding hydrogens is 548 g/mol. The van der Waals surface area contributed by atoms with E-state index in [2.05, 4.69) is 15.5 Å². The van der Waals surface area contributed by atoms with Crippen LogP contribution in [-0.4, -0.2) is 50.1 Å². The average Bonchev–Trinajstić information content (AvgIpc) is 3.45. The van der Waals surface area contributed by atoms with Gasteiger partial charge in [0.15, 0.2) is 5.75 Å². The summed E-state index contributed by atoms with van der Waals surface area (Å²) in [4.78, 5) is 54.2. The van der Waals surface area contributed by atoms with Gasteiger partial charge in [0.2, 0.25) is 5.91 Å². The fraction of sp³-hybridized carbons (Fsp3) is 0.424. The van der Waals surface area contributed by atoms with Crippen LogP contribution in [0.25, 0.3) is 0 Å². The molecule has 228 valence electrons. The zero-order valence-corrected chi connectivity index (χ0v) is 25.3. The minimum absolute atomic E-state index is 0.0918. The third kappa shape index (κ3) is 6.33. The lowest BCUT2D eigenvalue weighted by atomic mass is 9.74. The van der Waals surface area contributed by atoms with Crippen molar-refractivity contribution in [1.82, 2.24) is 20.4 Å². The number of carboxylic acid groups (broad SMARTS) is 1. The van der Waals surface area contributed by atoms with E-state index < -0.39 is 34.9 Å². The Bertz CT molecular complexity index is 1530. The first kappa shape index (κ1) is 31.5. The number of hydrogen-bond donors (Lipinski definition) is 3. The number of H-pyrrole nitrogens is 1. The molecule has 2 heterocycles. The quantitative estimate of drug-likeness (QED) is 0.276. The molecule has 1 fully saturated rings. The van der Waals surface area contributed by atoms with Crippen molar-refractivity contribution in [3.8, 4) is 11.5 Å². The molecule has 3 N–H and O–H groups in total. The van der Waals surface area contributed by atoms with Crippen molar-refractivity contribution in [2.75, 3.05) is 0 Å². The van der Waals surface area contributed by atoms with E-state index in [1.807, 2.05) is 51.1 Å². The van der Waals surface area contributed by atoms with E-state index in [0.717, 1.165) is 5.56 Å². The minimum Gasteiger partial charge on any atom is -0.481 e. The summed E-state index contributed by atoms with van der Waals surface area (Å²) in [5, 5.41) is 19.5. The first-order valence-electron chi connectivity index (χ1n) is 14.8. The maximum absolute atomic E-state index is 14.3. The van der Waals surface area contributed by atoms with E-state index in [-0.39, 0.29) is 17.7 Å². The molecule has 10 heteroatoms. The van der Waals surface area contributed by atoms with E-state index in [0.29, 0.717) is 54.7 Å². The summed E-state index contributed by atoms with van der Waals surface area (Å²) in [6.45, 7) is 9.03. The molecule has 2 aromatic carbocycles. The van der Waals surface area contributed by atoms with Crippen molar-refractivity contribution in [1.29, 1.82) is 0 Å². The number of ether oxygens (including phenoxy) is 1. The van der Waals surface area contributed by atoms with Gasteiger partial charge in [-0.15, -0.1) is 0 Å². The Morgan fingerprint density at radius 2 is 1.74 bits per heavy atom. The van der Waals surface area contributed by atoms with Gasteiger partial charge in [-0.25, -0.2) is 5.10 Å². The molecule has 0 bridgehead atoms. The van der Waals surface area contributed by atoms with Crippen LogP contribution in [0.15, 0.2) is 59.4 Å². The van der Waals surface area contributed by atoms with Gasteiger partial charge >= 0.3 is 11.5 Å². The second kappa shape index (κ2) is 13.2. The number of nitrogens with one attached hydrogen (secondary N) is 2. The molecule has 3 aromatic rings. The van der Waals surface area contributed by atoms with E-state index in [1.54, 1.807) is 36.9 Å². The number of aliphatic carboxylic acids is 1. The number of carboxylic acids is 1. The molecule has 0 unspecified atom stereocenters. The fourth-order valence-electron chi connectivity index (χ4n) is 6.17. The number of aromatic amines is 1. The van der Waals surface area contributed by atoms with Crippen LogP contribution in [0.1, 0.15) is 86.1 Å². The van der Waals surface area contributed by atoms with Gasteiger partial charge in [0.1, 0.15) is 11.8 Å². The van der Waals surface area contributed by atoms with E-state index in [4.69, 9.17) is 4.74 Å². The van der Waals surface area contributed by atoms with E-state index in [1.165, 1.54) is 6.07 Å². The van der Waals surface area contributed by atoms with Crippen molar-refractivity contribution in [3.05, 3.63) is 87.3 Å². The Morgan fingerprint density at radius 1 is 1.05 bits per heavy atom. The van der Waals surface area contributed by atoms with Crippen molar-refractivity contribution < 1.29 is 24.2 Å². The van der Waals surface area contributed by atoms with Gasteiger partial charge in [-0.1, -0.05) is 51.1 Å². The zero-order valence-electron chi connectivity index (χ0n) is 25.3. The third-order valence-electron chi connectivity index (χ3n) is 8.72. The lowest BCUT2D eigenvalue weighted by molar-refractivity contribution is -0.157. The highest BCUT2D eigenvalue weighted by Gasteiger charge is 2.52. The average molecular weight is 589 g/mol. The highest BCUT2D eigenvalue weighted by molar-refractivity contribution is 5.98. The third-order valence-corrected chi connectivity index (χ3v) is 8.72. The lowest BCUT2D eigenvalue weighted by Gasteiger charge is -2.42.